The second-order valence-corrected chi connectivity index (χ2v) is 4.65. The van der Waals surface area contributed by atoms with Crippen LogP contribution in [-0.2, 0) is 0 Å². The highest BCUT2D eigenvalue weighted by atomic mass is 32.1. The molecular weight excluding hydrogens is 206 g/mol. The number of thiazole rings is 1. The van der Waals surface area contributed by atoms with Gasteiger partial charge in [0.15, 0.2) is 6.29 Å². The molecule has 0 fully saturated rings. The van der Waals surface area contributed by atoms with Crippen LogP contribution in [0.25, 0.3) is 10.6 Å². The Hall–Kier alpha value is -1.48. The topological polar surface area (TPSA) is 30.0 Å². The Morgan fingerprint density at radius 3 is 2.40 bits per heavy atom. The zero-order chi connectivity index (χ0) is 10.8. The number of aldehydes is 1. The zero-order valence-corrected chi connectivity index (χ0v) is 9.47. The van der Waals surface area contributed by atoms with Gasteiger partial charge in [-0.1, -0.05) is 29.8 Å². The number of aromatic nitrogens is 1. The van der Waals surface area contributed by atoms with Crippen molar-refractivity contribution in [1.82, 2.24) is 4.98 Å². The quantitative estimate of drug-likeness (QED) is 0.723. The van der Waals surface area contributed by atoms with Gasteiger partial charge in [-0.05, 0) is 13.8 Å². The Bertz CT molecular complexity index is 485. The largest absolute Gasteiger partial charge is 0.296 e. The molecule has 15 heavy (non-hydrogen) atoms. The molecule has 76 valence electrons. The molecule has 1 heterocycles. The third kappa shape index (κ3) is 1.97. The fourth-order valence-electron chi connectivity index (χ4n) is 1.34. The average Bonchev–Trinajstić information content (AvgIpc) is 2.61. The number of hydrogen-bond donors (Lipinski definition) is 0. The molecule has 0 amide bonds. The smallest absolute Gasteiger partial charge is 0.169 e. The van der Waals surface area contributed by atoms with Crippen molar-refractivity contribution >= 4 is 17.6 Å². The van der Waals surface area contributed by atoms with E-state index >= 15 is 0 Å². The molecule has 0 aliphatic carbocycles. The van der Waals surface area contributed by atoms with E-state index in [1.54, 1.807) is 11.3 Å². The van der Waals surface area contributed by atoms with E-state index in [9.17, 15) is 4.79 Å². The van der Waals surface area contributed by atoms with E-state index in [1.165, 1.54) is 5.56 Å². The fourth-order valence-corrected chi connectivity index (χ4v) is 2.22. The number of aryl methyl sites for hydroxylation is 2. The number of carbonyl (C=O) groups excluding carboxylic acids is 1. The first-order valence-corrected chi connectivity index (χ1v) is 5.52. The lowest BCUT2D eigenvalue weighted by molar-refractivity contribution is 0.111. The predicted octanol–water partition coefficient (Wildman–Crippen LogP) is 3.24. The maximum absolute atomic E-state index is 10.7. The molecule has 2 rings (SSSR count). The molecule has 2 nitrogen and oxygen atoms in total. The Morgan fingerprint density at radius 2 is 1.87 bits per heavy atom. The van der Waals surface area contributed by atoms with Gasteiger partial charge in [0.05, 0.1) is 0 Å². The van der Waals surface area contributed by atoms with E-state index in [0.717, 1.165) is 21.7 Å². The molecule has 0 unspecified atom stereocenters. The molecule has 0 N–H and O–H groups in total. The molecule has 3 heteroatoms. The monoisotopic (exact) mass is 217 g/mol. The van der Waals surface area contributed by atoms with E-state index in [2.05, 4.69) is 4.98 Å². The van der Waals surface area contributed by atoms with Crippen LogP contribution in [0.15, 0.2) is 24.3 Å². The maximum atomic E-state index is 10.7. The van der Waals surface area contributed by atoms with E-state index < -0.39 is 0 Å². The molecular formula is C12H11NOS. The fraction of sp³-hybridized carbons (Fsp3) is 0.167. The lowest BCUT2D eigenvalue weighted by Gasteiger charge is -1.95. The predicted molar refractivity (Wildman–Crippen MR) is 62.4 cm³/mol. The van der Waals surface area contributed by atoms with Crippen molar-refractivity contribution in [2.75, 3.05) is 0 Å². The molecule has 1 aromatic carbocycles. The van der Waals surface area contributed by atoms with Gasteiger partial charge in [0, 0.05) is 10.4 Å². The zero-order valence-electron chi connectivity index (χ0n) is 8.65. The van der Waals surface area contributed by atoms with Gasteiger partial charge >= 0.3 is 0 Å². The van der Waals surface area contributed by atoms with Crippen LogP contribution in [0.1, 0.15) is 20.9 Å². The van der Waals surface area contributed by atoms with Crippen molar-refractivity contribution in [2.24, 2.45) is 0 Å². The van der Waals surface area contributed by atoms with E-state index in [0.29, 0.717) is 5.69 Å². The summed E-state index contributed by atoms with van der Waals surface area (Å²) in [6.45, 7) is 3.97. The van der Waals surface area contributed by atoms with Crippen molar-refractivity contribution < 1.29 is 4.79 Å². The van der Waals surface area contributed by atoms with Crippen LogP contribution in [-0.4, -0.2) is 11.3 Å². The minimum Gasteiger partial charge on any atom is -0.296 e. The van der Waals surface area contributed by atoms with Crippen LogP contribution >= 0.6 is 11.3 Å². The summed E-state index contributed by atoms with van der Waals surface area (Å²) in [6, 6.07) is 8.16. The standard InChI is InChI=1S/C12H11NOS/c1-8-3-5-10(6-4-8)12-13-11(7-14)9(2)15-12/h3-7H,1-2H3. The third-order valence-corrected chi connectivity index (χ3v) is 3.28. The minimum atomic E-state index is 0.551. The van der Waals surface area contributed by atoms with Gasteiger partial charge < -0.3 is 0 Å². The molecule has 0 bridgehead atoms. The van der Waals surface area contributed by atoms with E-state index in [1.807, 2.05) is 38.1 Å². The van der Waals surface area contributed by atoms with Crippen LogP contribution in [0.4, 0.5) is 0 Å². The van der Waals surface area contributed by atoms with E-state index in [-0.39, 0.29) is 0 Å². The van der Waals surface area contributed by atoms with Gasteiger partial charge in [-0.15, -0.1) is 11.3 Å². The first kappa shape index (κ1) is 10.1. The summed E-state index contributed by atoms with van der Waals surface area (Å²) >= 11 is 1.56. The first-order valence-electron chi connectivity index (χ1n) is 4.70. The molecule has 0 saturated carbocycles. The van der Waals surface area contributed by atoms with Gasteiger partial charge in [-0.25, -0.2) is 4.98 Å². The van der Waals surface area contributed by atoms with Crippen LogP contribution in [0.2, 0.25) is 0 Å². The summed E-state index contributed by atoms with van der Waals surface area (Å²) in [4.78, 5) is 15.9. The Balaban J connectivity index is 2.45. The molecule has 0 radical (unpaired) electrons. The Kier molecular flexibility index (Phi) is 2.64. The molecule has 0 saturated heterocycles. The summed E-state index contributed by atoms with van der Waals surface area (Å²) in [5.41, 5.74) is 2.85. The van der Waals surface area contributed by atoms with Gasteiger partial charge in [0.1, 0.15) is 10.7 Å². The number of hydrogen-bond acceptors (Lipinski definition) is 3. The summed E-state index contributed by atoms with van der Waals surface area (Å²) in [5.74, 6) is 0. The molecule has 0 aliphatic heterocycles. The Labute approximate surface area is 92.6 Å². The molecule has 0 spiro atoms. The summed E-state index contributed by atoms with van der Waals surface area (Å²) in [5, 5.41) is 0.912. The second-order valence-electron chi connectivity index (χ2n) is 3.44. The second kappa shape index (κ2) is 3.95. The minimum absolute atomic E-state index is 0.551. The van der Waals surface area contributed by atoms with Crippen LogP contribution in [0.5, 0.6) is 0 Å². The molecule has 0 atom stereocenters. The van der Waals surface area contributed by atoms with Crippen LogP contribution < -0.4 is 0 Å². The van der Waals surface area contributed by atoms with Gasteiger partial charge in [0.25, 0.3) is 0 Å². The number of nitrogens with zero attached hydrogens (tertiary/aromatic N) is 1. The van der Waals surface area contributed by atoms with Crippen molar-refractivity contribution in [3.05, 3.63) is 40.4 Å². The highest BCUT2D eigenvalue weighted by Crippen LogP contribution is 2.26. The maximum Gasteiger partial charge on any atom is 0.169 e. The number of carbonyl (C=O) groups is 1. The van der Waals surface area contributed by atoms with Crippen molar-refractivity contribution in [2.45, 2.75) is 13.8 Å². The number of rotatable bonds is 2. The lowest BCUT2D eigenvalue weighted by atomic mass is 10.2. The average molecular weight is 217 g/mol. The lowest BCUT2D eigenvalue weighted by Crippen LogP contribution is -1.82. The molecule has 1 aromatic heterocycles. The molecule has 0 aliphatic rings. The van der Waals surface area contributed by atoms with Gasteiger partial charge in [-0.3, -0.25) is 4.79 Å². The van der Waals surface area contributed by atoms with Crippen molar-refractivity contribution in [3.8, 4) is 10.6 Å². The van der Waals surface area contributed by atoms with Crippen LogP contribution in [0.3, 0.4) is 0 Å². The van der Waals surface area contributed by atoms with Crippen LogP contribution in [0, 0.1) is 13.8 Å². The van der Waals surface area contributed by atoms with Gasteiger partial charge in [-0.2, -0.15) is 0 Å². The van der Waals surface area contributed by atoms with Crippen molar-refractivity contribution in [3.63, 3.8) is 0 Å². The first-order chi connectivity index (χ1) is 7.20. The normalized spacial score (nSPS) is 10.3. The highest BCUT2D eigenvalue weighted by Gasteiger charge is 2.07. The summed E-state index contributed by atoms with van der Waals surface area (Å²) in [6.07, 6.45) is 0.809. The molecule has 2 aromatic rings. The van der Waals surface area contributed by atoms with E-state index in [4.69, 9.17) is 0 Å². The Morgan fingerprint density at radius 1 is 1.20 bits per heavy atom. The summed E-state index contributed by atoms with van der Waals surface area (Å²) in [7, 11) is 0. The SMILES string of the molecule is Cc1ccc(-c2nc(C=O)c(C)s2)cc1. The third-order valence-electron chi connectivity index (χ3n) is 2.24. The summed E-state index contributed by atoms with van der Waals surface area (Å²) < 4.78 is 0. The number of benzene rings is 1. The van der Waals surface area contributed by atoms with Gasteiger partial charge in [0.2, 0.25) is 0 Å². The van der Waals surface area contributed by atoms with Crippen molar-refractivity contribution in [1.29, 1.82) is 0 Å². The highest BCUT2D eigenvalue weighted by molar-refractivity contribution is 7.15.